The van der Waals surface area contributed by atoms with Crippen molar-refractivity contribution in [1.82, 2.24) is 20.1 Å². The van der Waals surface area contributed by atoms with Crippen molar-refractivity contribution in [3.63, 3.8) is 0 Å². The van der Waals surface area contributed by atoms with Gasteiger partial charge >= 0.3 is 0 Å². The molecule has 1 N–H and O–H groups in total. The molecule has 2 aliphatic heterocycles. The predicted octanol–water partition coefficient (Wildman–Crippen LogP) is 1.74. The van der Waals surface area contributed by atoms with E-state index in [1.54, 1.807) is 0 Å². The molecule has 0 amide bonds. The van der Waals surface area contributed by atoms with Crippen LogP contribution in [0, 0.1) is 0 Å². The van der Waals surface area contributed by atoms with Crippen LogP contribution in [0.3, 0.4) is 0 Å². The molecule has 1 atom stereocenters. The number of nitrogens with one attached hydrogen (secondary N) is 1. The van der Waals surface area contributed by atoms with Gasteiger partial charge in [0.15, 0.2) is 5.96 Å². The van der Waals surface area contributed by atoms with Crippen LogP contribution in [0.25, 0.3) is 0 Å². The predicted molar refractivity (Wildman–Crippen MR) is 107 cm³/mol. The van der Waals surface area contributed by atoms with E-state index in [4.69, 9.17) is 14.5 Å². The zero-order chi connectivity index (χ0) is 19.1. The molecule has 0 aromatic carbocycles. The first-order valence-corrected chi connectivity index (χ1v) is 10.1. The van der Waals surface area contributed by atoms with E-state index in [1.807, 2.05) is 32.2 Å². The summed E-state index contributed by atoms with van der Waals surface area (Å²) in [6.07, 6.45) is 3.18. The first-order chi connectivity index (χ1) is 13.2. The van der Waals surface area contributed by atoms with Crippen LogP contribution in [-0.2, 0) is 11.3 Å². The van der Waals surface area contributed by atoms with E-state index in [9.17, 15) is 0 Å². The maximum atomic E-state index is 5.60. The standard InChI is InChI=1S/C20H33N5O2/c1-4-21-20(23-14-17-5-6-19(22-13-17)27-16(2)3)25-8-7-18(15-25)24-9-11-26-12-10-24/h5-6,13,16,18H,4,7-12,14-15H2,1-3H3,(H,21,23). The number of guanidine groups is 1. The molecule has 0 bridgehead atoms. The van der Waals surface area contributed by atoms with Gasteiger partial charge in [0.2, 0.25) is 5.88 Å². The van der Waals surface area contributed by atoms with Crippen LogP contribution in [0.4, 0.5) is 0 Å². The third kappa shape index (κ3) is 5.81. The summed E-state index contributed by atoms with van der Waals surface area (Å²) in [5.74, 6) is 1.66. The molecule has 1 aromatic heterocycles. The van der Waals surface area contributed by atoms with Gasteiger partial charge in [-0.3, -0.25) is 4.90 Å². The van der Waals surface area contributed by atoms with E-state index in [1.165, 1.54) is 6.42 Å². The van der Waals surface area contributed by atoms with Crippen molar-refractivity contribution in [1.29, 1.82) is 0 Å². The SMILES string of the molecule is CCNC(=NCc1ccc(OC(C)C)nc1)N1CCC(N2CCOCC2)C1. The van der Waals surface area contributed by atoms with E-state index in [0.717, 1.165) is 57.5 Å². The van der Waals surface area contributed by atoms with Crippen LogP contribution in [0.5, 0.6) is 5.88 Å². The number of pyridine rings is 1. The highest BCUT2D eigenvalue weighted by atomic mass is 16.5. The average Bonchev–Trinajstić information content (AvgIpc) is 3.17. The summed E-state index contributed by atoms with van der Waals surface area (Å²) in [5.41, 5.74) is 1.09. The number of nitrogens with zero attached hydrogens (tertiary/aromatic N) is 4. The first-order valence-electron chi connectivity index (χ1n) is 10.1. The summed E-state index contributed by atoms with van der Waals surface area (Å²) in [7, 11) is 0. The molecule has 7 nitrogen and oxygen atoms in total. The molecule has 2 fully saturated rings. The molecule has 2 saturated heterocycles. The maximum absolute atomic E-state index is 5.60. The lowest BCUT2D eigenvalue weighted by molar-refractivity contribution is 0.0195. The second-order valence-corrected chi connectivity index (χ2v) is 7.38. The molecule has 1 aromatic rings. The van der Waals surface area contributed by atoms with Crippen molar-refractivity contribution in [3.8, 4) is 5.88 Å². The summed E-state index contributed by atoms with van der Waals surface area (Å²) < 4.78 is 11.1. The molecule has 27 heavy (non-hydrogen) atoms. The van der Waals surface area contributed by atoms with Gasteiger partial charge in [-0.1, -0.05) is 6.07 Å². The maximum Gasteiger partial charge on any atom is 0.213 e. The molecule has 150 valence electrons. The Labute approximate surface area is 162 Å². The molecule has 3 rings (SSSR count). The van der Waals surface area contributed by atoms with Crippen molar-refractivity contribution in [2.45, 2.75) is 45.9 Å². The number of hydrogen-bond donors (Lipinski definition) is 1. The van der Waals surface area contributed by atoms with Gasteiger partial charge < -0.3 is 19.7 Å². The zero-order valence-corrected chi connectivity index (χ0v) is 16.9. The smallest absolute Gasteiger partial charge is 0.213 e. The van der Waals surface area contributed by atoms with Gasteiger partial charge in [0, 0.05) is 51.0 Å². The molecule has 3 heterocycles. The van der Waals surface area contributed by atoms with Crippen molar-refractivity contribution in [3.05, 3.63) is 23.9 Å². The van der Waals surface area contributed by atoms with Crippen molar-refractivity contribution in [2.24, 2.45) is 4.99 Å². The van der Waals surface area contributed by atoms with Gasteiger partial charge in [-0.25, -0.2) is 9.98 Å². The average molecular weight is 376 g/mol. The minimum absolute atomic E-state index is 0.135. The Morgan fingerprint density at radius 1 is 1.33 bits per heavy atom. The van der Waals surface area contributed by atoms with Crippen molar-refractivity contribution >= 4 is 5.96 Å². The highest BCUT2D eigenvalue weighted by Gasteiger charge is 2.30. The van der Waals surface area contributed by atoms with E-state index in [-0.39, 0.29) is 6.10 Å². The number of likely N-dealkylation sites (tertiary alicyclic amines) is 1. The number of rotatable bonds is 6. The van der Waals surface area contributed by atoms with Gasteiger partial charge in [0.05, 0.1) is 25.9 Å². The Bertz CT molecular complexity index is 599. The third-order valence-corrected chi connectivity index (χ3v) is 4.93. The first kappa shape index (κ1) is 19.9. The van der Waals surface area contributed by atoms with E-state index >= 15 is 0 Å². The normalized spacial score (nSPS) is 21.7. The Balaban J connectivity index is 1.57. The highest BCUT2D eigenvalue weighted by Crippen LogP contribution is 2.17. The molecule has 0 aliphatic carbocycles. The number of hydrogen-bond acceptors (Lipinski definition) is 5. The molecule has 0 saturated carbocycles. The fourth-order valence-corrected chi connectivity index (χ4v) is 3.58. The quantitative estimate of drug-likeness (QED) is 0.604. The summed E-state index contributed by atoms with van der Waals surface area (Å²) in [5, 5.41) is 3.44. The lowest BCUT2D eigenvalue weighted by Gasteiger charge is -2.32. The third-order valence-electron chi connectivity index (χ3n) is 4.93. The Morgan fingerprint density at radius 2 is 2.15 bits per heavy atom. The molecular weight excluding hydrogens is 342 g/mol. The molecule has 1 unspecified atom stereocenters. The van der Waals surface area contributed by atoms with Gasteiger partial charge in [-0.2, -0.15) is 0 Å². The fraction of sp³-hybridized carbons (Fsp3) is 0.700. The molecule has 2 aliphatic rings. The van der Waals surface area contributed by atoms with Crippen molar-refractivity contribution in [2.75, 3.05) is 45.9 Å². The minimum atomic E-state index is 0.135. The second-order valence-electron chi connectivity index (χ2n) is 7.38. The van der Waals surface area contributed by atoms with Crippen LogP contribution in [0.2, 0.25) is 0 Å². The van der Waals surface area contributed by atoms with Gasteiger partial charge in [-0.05, 0) is 32.8 Å². The Morgan fingerprint density at radius 3 is 2.81 bits per heavy atom. The minimum Gasteiger partial charge on any atom is -0.475 e. The van der Waals surface area contributed by atoms with E-state index < -0.39 is 0 Å². The monoisotopic (exact) mass is 375 g/mol. The van der Waals surface area contributed by atoms with Crippen LogP contribution < -0.4 is 10.1 Å². The highest BCUT2D eigenvalue weighted by molar-refractivity contribution is 5.80. The topological polar surface area (TPSA) is 62.2 Å². The number of aliphatic imine (C=N–C) groups is 1. The number of morpholine rings is 1. The van der Waals surface area contributed by atoms with Crippen LogP contribution in [-0.4, -0.2) is 78.8 Å². The van der Waals surface area contributed by atoms with Crippen LogP contribution in [0.1, 0.15) is 32.8 Å². The summed E-state index contributed by atoms with van der Waals surface area (Å²) in [6, 6.07) is 4.56. The molecular formula is C20H33N5O2. The second kappa shape index (κ2) is 9.90. The molecule has 0 spiro atoms. The fourth-order valence-electron chi connectivity index (χ4n) is 3.58. The summed E-state index contributed by atoms with van der Waals surface area (Å²) in [6.45, 7) is 13.5. The largest absolute Gasteiger partial charge is 0.475 e. The molecule has 0 radical (unpaired) electrons. The van der Waals surface area contributed by atoms with E-state index in [0.29, 0.717) is 18.5 Å². The summed E-state index contributed by atoms with van der Waals surface area (Å²) >= 11 is 0. The number of ether oxygens (including phenoxy) is 2. The van der Waals surface area contributed by atoms with Gasteiger partial charge in [0.1, 0.15) is 0 Å². The van der Waals surface area contributed by atoms with E-state index in [2.05, 4.69) is 27.0 Å². The summed E-state index contributed by atoms with van der Waals surface area (Å²) in [4.78, 5) is 14.2. The van der Waals surface area contributed by atoms with Crippen molar-refractivity contribution < 1.29 is 9.47 Å². The number of aromatic nitrogens is 1. The lowest BCUT2D eigenvalue weighted by atomic mass is 10.2. The zero-order valence-electron chi connectivity index (χ0n) is 16.9. The van der Waals surface area contributed by atoms with Gasteiger partial charge in [0.25, 0.3) is 0 Å². The Hall–Kier alpha value is -1.86. The van der Waals surface area contributed by atoms with Gasteiger partial charge in [-0.15, -0.1) is 0 Å². The van der Waals surface area contributed by atoms with Crippen LogP contribution >= 0.6 is 0 Å². The van der Waals surface area contributed by atoms with Crippen LogP contribution in [0.15, 0.2) is 23.3 Å². The molecule has 7 heteroatoms. The Kier molecular flexibility index (Phi) is 7.29. The lowest BCUT2D eigenvalue weighted by Crippen LogP contribution is -2.46.